The Hall–Kier alpha value is -1.23. The fraction of sp³-hybridized carbons (Fsp3) is 0.250. The first-order valence-corrected chi connectivity index (χ1v) is 7.53. The van der Waals surface area contributed by atoms with Gasteiger partial charge in [0.25, 0.3) is 0 Å². The van der Waals surface area contributed by atoms with E-state index in [0.717, 1.165) is 18.6 Å². The second kappa shape index (κ2) is 5.41. The van der Waals surface area contributed by atoms with Crippen molar-refractivity contribution < 1.29 is 4.74 Å². The molecule has 3 heteroatoms. The Kier molecular flexibility index (Phi) is 3.64. The molecule has 0 bridgehead atoms. The number of hydrogen-bond acceptors (Lipinski definition) is 2. The SMILES string of the molecule is COc1ccc2c(c1)C(Nc1ccccc1I)CC2. The lowest BCUT2D eigenvalue weighted by Gasteiger charge is -2.17. The van der Waals surface area contributed by atoms with Gasteiger partial charge in [-0.05, 0) is 70.8 Å². The molecule has 0 saturated heterocycles. The normalized spacial score (nSPS) is 17.1. The van der Waals surface area contributed by atoms with E-state index >= 15 is 0 Å². The zero-order valence-electron chi connectivity index (χ0n) is 10.8. The number of nitrogens with one attached hydrogen (secondary N) is 1. The predicted octanol–water partition coefficient (Wildman–Crippen LogP) is 4.40. The first-order valence-electron chi connectivity index (χ1n) is 6.46. The molecule has 98 valence electrons. The minimum Gasteiger partial charge on any atom is -0.497 e. The van der Waals surface area contributed by atoms with E-state index in [1.54, 1.807) is 7.11 Å². The third-order valence-electron chi connectivity index (χ3n) is 3.63. The number of aryl methyl sites for hydroxylation is 1. The summed E-state index contributed by atoms with van der Waals surface area (Å²) in [5.41, 5.74) is 4.02. The van der Waals surface area contributed by atoms with E-state index in [-0.39, 0.29) is 0 Å². The van der Waals surface area contributed by atoms with Crippen molar-refractivity contribution in [2.75, 3.05) is 12.4 Å². The molecular weight excluding hydrogens is 349 g/mol. The number of benzene rings is 2. The van der Waals surface area contributed by atoms with Crippen LogP contribution in [0.25, 0.3) is 0 Å². The number of methoxy groups -OCH3 is 1. The highest BCUT2D eigenvalue weighted by Gasteiger charge is 2.23. The Morgan fingerprint density at radius 1 is 1.21 bits per heavy atom. The lowest BCUT2D eigenvalue weighted by molar-refractivity contribution is 0.414. The molecule has 1 atom stereocenters. The van der Waals surface area contributed by atoms with Crippen LogP contribution in [0.4, 0.5) is 5.69 Å². The van der Waals surface area contributed by atoms with E-state index in [4.69, 9.17) is 4.74 Å². The fourth-order valence-electron chi connectivity index (χ4n) is 2.62. The summed E-state index contributed by atoms with van der Waals surface area (Å²) in [5.74, 6) is 0.940. The van der Waals surface area contributed by atoms with Gasteiger partial charge in [-0.25, -0.2) is 0 Å². The van der Waals surface area contributed by atoms with E-state index in [0.29, 0.717) is 6.04 Å². The Balaban J connectivity index is 1.88. The molecule has 3 rings (SSSR count). The first-order chi connectivity index (χ1) is 9.28. The molecule has 19 heavy (non-hydrogen) atoms. The summed E-state index contributed by atoms with van der Waals surface area (Å²) in [6.07, 6.45) is 2.29. The summed E-state index contributed by atoms with van der Waals surface area (Å²) in [7, 11) is 1.72. The maximum Gasteiger partial charge on any atom is 0.119 e. The Morgan fingerprint density at radius 2 is 2.05 bits per heavy atom. The molecule has 1 aliphatic carbocycles. The molecule has 1 unspecified atom stereocenters. The molecular formula is C16H16INO. The topological polar surface area (TPSA) is 21.3 Å². The molecule has 2 nitrogen and oxygen atoms in total. The molecule has 0 fully saturated rings. The van der Waals surface area contributed by atoms with Crippen molar-refractivity contribution in [1.82, 2.24) is 0 Å². The highest BCUT2D eigenvalue weighted by atomic mass is 127. The van der Waals surface area contributed by atoms with Crippen LogP contribution in [0.15, 0.2) is 42.5 Å². The molecule has 2 aromatic carbocycles. The standard InChI is InChI=1S/C16H16INO/c1-19-12-8-6-11-7-9-15(13(11)10-12)18-16-5-3-2-4-14(16)17/h2-6,8,10,15,18H,7,9H2,1H3. The van der Waals surface area contributed by atoms with Crippen molar-refractivity contribution in [3.8, 4) is 5.75 Å². The van der Waals surface area contributed by atoms with Gasteiger partial charge < -0.3 is 10.1 Å². The monoisotopic (exact) mass is 365 g/mol. The van der Waals surface area contributed by atoms with Crippen LogP contribution in [0, 0.1) is 3.57 Å². The number of rotatable bonds is 3. The lowest BCUT2D eigenvalue weighted by atomic mass is 10.1. The van der Waals surface area contributed by atoms with Gasteiger partial charge in [-0.3, -0.25) is 0 Å². The van der Waals surface area contributed by atoms with Crippen LogP contribution >= 0.6 is 22.6 Å². The van der Waals surface area contributed by atoms with Crippen molar-refractivity contribution in [3.05, 3.63) is 57.2 Å². The number of hydrogen-bond donors (Lipinski definition) is 1. The molecule has 0 saturated carbocycles. The van der Waals surface area contributed by atoms with Crippen molar-refractivity contribution >= 4 is 28.3 Å². The Bertz CT molecular complexity index is 597. The van der Waals surface area contributed by atoms with Gasteiger partial charge in [0.1, 0.15) is 5.75 Å². The van der Waals surface area contributed by atoms with Gasteiger partial charge in [-0.1, -0.05) is 18.2 Å². The molecule has 2 aromatic rings. The fourth-order valence-corrected chi connectivity index (χ4v) is 3.17. The van der Waals surface area contributed by atoms with Crippen molar-refractivity contribution in [2.45, 2.75) is 18.9 Å². The second-order valence-electron chi connectivity index (χ2n) is 4.78. The van der Waals surface area contributed by atoms with Crippen LogP contribution in [0.3, 0.4) is 0 Å². The van der Waals surface area contributed by atoms with E-state index in [1.807, 2.05) is 6.07 Å². The van der Waals surface area contributed by atoms with Crippen molar-refractivity contribution in [2.24, 2.45) is 0 Å². The lowest BCUT2D eigenvalue weighted by Crippen LogP contribution is -2.08. The van der Waals surface area contributed by atoms with Gasteiger partial charge in [-0.15, -0.1) is 0 Å². The van der Waals surface area contributed by atoms with Crippen molar-refractivity contribution in [1.29, 1.82) is 0 Å². The number of anilines is 1. The Labute approximate surface area is 127 Å². The average Bonchev–Trinajstić information content (AvgIpc) is 2.84. The molecule has 0 radical (unpaired) electrons. The van der Waals surface area contributed by atoms with Gasteiger partial charge in [0.15, 0.2) is 0 Å². The van der Waals surface area contributed by atoms with E-state index in [1.165, 1.54) is 20.4 Å². The molecule has 0 aromatic heterocycles. The molecule has 0 aliphatic heterocycles. The summed E-state index contributed by atoms with van der Waals surface area (Å²) in [5, 5.41) is 3.65. The molecule has 1 aliphatic rings. The van der Waals surface area contributed by atoms with Crippen LogP contribution in [-0.4, -0.2) is 7.11 Å². The van der Waals surface area contributed by atoms with Gasteiger partial charge in [-0.2, -0.15) is 0 Å². The molecule has 0 heterocycles. The number of fused-ring (bicyclic) bond motifs is 1. The van der Waals surface area contributed by atoms with Crippen LogP contribution in [0.2, 0.25) is 0 Å². The third kappa shape index (κ3) is 2.56. The van der Waals surface area contributed by atoms with Gasteiger partial charge in [0, 0.05) is 9.26 Å². The highest BCUT2D eigenvalue weighted by molar-refractivity contribution is 14.1. The molecule has 1 N–H and O–H groups in total. The smallest absolute Gasteiger partial charge is 0.119 e. The van der Waals surface area contributed by atoms with Crippen LogP contribution < -0.4 is 10.1 Å². The number of halogens is 1. The minimum atomic E-state index is 0.390. The van der Waals surface area contributed by atoms with E-state index < -0.39 is 0 Å². The highest BCUT2D eigenvalue weighted by Crippen LogP contribution is 2.36. The summed E-state index contributed by atoms with van der Waals surface area (Å²) < 4.78 is 6.59. The predicted molar refractivity (Wildman–Crippen MR) is 86.8 cm³/mol. The maximum absolute atomic E-state index is 5.33. The number of ether oxygens (including phenoxy) is 1. The van der Waals surface area contributed by atoms with Gasteiger partial charge >= 0.3 is 0 Å². The summed E-state index contributed by atoms with van der Waals surface area (Å²) >= 11 is 2.37. The van der Waals surface area contributed by atoms with Gasteiger partial charge in [0.2, 0.25) is 0 Å². The summed E-state index contributed by atoms with van der Waals surface area (Å²) in [4.78, 5) is 0. The average molecular weight is 365 g/mol. The maximum atomic E-state index is 5.33. The zero-order valence-corrected chi connectivity index (χ0v) is 13.0. The minimum absolute atomic E-state index is 0.390. The largest absolute Gasteiger partial charge is 0.497 e. The Morgan fingerprint density at radius 3 is 2.84 bits per heavy atom. The van der Waals surface area contributed by atoms with Gasteiger partial charge in [0.05, 0.1) is 13.2 Å². The molecule has 0 spiro atoms. The summed E-state index contributed by atoms with van der Waals surface area (Å²) in [6, 6.07) is 15.2. The zero-order chi connectivity index (χ0) is 13.2. The van der Waals surface area contributed by atoms with Crippen LogP contribution in [-0.2, 0) is 6.42 Å². The summed E-state index contributed by atoms with van der Waals surface area (Å²) in [6.45, 7) is 0. The van der Waals surface area contributed by atoms with Crippen LogP contribution in [0.1, 0.15) is 23.6 Å². The van der Waals surface area contributed by atoms with E-state index in [9.17, 15) is 0 Å². The first kappa shape index (κ1) is 12.8. The third-order valence-corrected chi connectivity index (χ3v) is 4.58. The quantitative estimate of drug-likeness (QED) is 0.815. The van der Waals surface area contributed by atoms with E-state index in [2.05, 4.69) is 64.3 Å². The molecule has 0 amide bonds. The van der Waals surface area contributed by atoms with Crippen LogP contribution in [0.5, 0.6) is 5.75 Å². The van der Waals surface area contributed by atoms with Crippen molar-refractivity contribution in [3.63, 3.8) is 0 Å². The number of para-hydroxylation sites is 1. The second-order valence-corrected chi connectivity index (χ2v) is 5.94.